The molecule has 30 heavy (non-hydrogen) atoms. The van der Waals surface area contributed by atoms with Gasteiger partial charge in [-0.25, -0.2) is 4.98 Å². The van der Waals surface area contributed by atoms with Crippen LogP contribution in [0.2, 0.25) is 5.02 Å². The fraction of sp³-hybridized carbons (Fsp3) is 0.364. The molecule has 2 heterocycles. The lowest BCUT2D eigenvalue weighted by atomic mass is 9.95. The van der Waals surface area contributed by atoms with E-state index in [4.69, 9.17) is 26.0 Å². The molecule has 0 fully saturated rings. The van der Waals surface area contributed by atoms with Gasteiger partial charge in [-0.2, -0.15) is 4.98 Å². The van der Waals surface area contributed by atoms with Crippen molar-refractivity contribution < 1.29 is 19.2 Å². The summed E-state index contributed by atoms with van der Waals surface area (Å²) in [6.07, 6.45) is 3.74. The Kier molecular flexibility index (Phi) is 7.05. The average molecular weight is 430 g/mol. The van der Waals surface area contributed by atoms with Crippen molar-refractivity contribution in [1.82, 2.24) is 15.1 Å². The van der Waals surface area contributed by atoms with E-state index in [1.807, 2.05) is 32.0 Å². The molecule has 0 radical (unpaired) electrons. The highest BCUT2D eigenvalue weighted by Crippen LogP contribution is 2.31. The number of aryl methyl sites for hydroxylation is 1. The molecule has 0 unspecified atom stereocenters. The molecule has 0 spiro atoms. The first-order valence-electron chi connectivity index (χ1n) is 9.88. The lowest BCUT2D eigenvalue weighted by Gasteiger charge is -2.11. The highest BCUT2D eigenvalue weighted by Gasteiger charge is 2.17. The normalized spacial score (nSPS) is 11.1. The molecule has 1 aromatic carbocycles. The van der Waals surface area contributed by atoms with Crippen molar-refractivity contribution in [3.05, 3.63) is 46.6 Å². The van der Waals surface area contributed by atoms with E-state index in [9.17, 15) is 4.79 Å². The Morgan fingerprint density at radius 3 is 2.80 bits per heavy atom. The number of carbonyl (C=O) groups is 1. The van der Waals surface area contributed by atoms with Gasteiger partial charge >= 0.3 is 5.97 Å². The van der Waals surface area contributed by atoms with Gasteiger partial charge in [-0.3, -0.25) is 4.79 Å². The zero-order valence-corrected chi connectivity index (χ0v) is 17.9. The number of carboxylic acid groups (broad SMARTS) is 1. The number of benzene rings is 1. The third-order valence-corrected chi connectivity index (χ3v) is 4.80. The van der Waals surface area contributed by atoms with Crippen molar-refractivity contribution in [2.75, 3.05) is 0 Å². The zero-order chi connectivity index (χ0) is 21.7. The Morgan fingerprint density at radius 2 is 2.13 bits per heavy atom. The van der Waals surface area contributed by atoms with Crippen molar-refractivity contribution in [3.63, 3.8) is 0 Å². The number of nitrogens with zero attached hydrogens (tertiary/aromatic N) is 3. The molecule has 0 atom stereocenters. The van der Waals surface area contributed by atoms with E-state index in [0.29, 0.717) is 41.0 Å². The molecule has 158 valence electrons. The predicted octanol–water partition coefficient (Wildman–Crippen LogP) is 5.21. The second-order valence-corrected chi connectivity index (χ2v) is 7.55. The molecule has 0 saturated heterocycles. The average Bonchev–Trinajstić information content (AvgIpc) is 3.18. The van der Waals surface area contributed by atoms with Crippen molar-refractivity contribution in [2.24, 2.45) is 0 Å². The Hall–Kier alpha value is -2.93. The lowest BCUT2D eigenvalue weighted by molar-refractivity contribution is -0.137. The van der Waals surface area contributed by atoms with Gasteiger partial charge < -0.3 is 14.4 Å². The van der Waals surface area contributed by atoms with Gasteiger partial charge in [0.25, 0.3) is 5.89 Å². The van der Waals surface area contributed by atoms with Gasteiger partial charge in [0.05, 0.1) is 11.7 Å². The fourth-order valence-electron chi connectivity index (χ4n) is 3.23. The van der Waals surface area contributed by atoms with Gasteiger partial charge in [-0.1, -0.05) is 41.9 Å². The molecule has 3 rings (SSSR count). The number of aliphatic carboxylic acids is 1. The van der Waals surface area contributed by atoms with Gasteiger partial charge in [-0.15, -0.1) is 0 Å². The first-order valence-corrected chi connectivity index (χ1v) is 10.3. The van der Waals surface area contributed by atoms with Gasteiger partial charge in [0.15, 0.2) is 0 Å². The molecule has 0 amide bonds. The van der Waals surface area contributed by atoms with Crippen LogP contribution in [0.4, 0.5) is 0 Å². The minimum Gasteiger partial charge on any atom is -0.481 e. The van der Waals surface area contributed by atoms with Crippen LogP contribution in [-0.2, 0) is 17.6 Å². The van der Waals surface area contributed by atoms with Crippen LogP contribution in [0.25, 0.3) is 22.8 Å². The molecule has 1 N–H and O–H groups in total. The number of halogens is 1. The Bertz CT molecular complexity index is 1030. The predicted molar refractivity (Wildman–Crippen MR) is 114 cm³/mol. The van der Waals surface area contributed by atoms with E-state index in [1.165, 1.54) is 0 Å². The summed E-state index contributed by atoms with van der Waals surface area (Å²) >= 11 is 6.27. The van der Waals surface area contributed by atoms with E-state index < -0.39 is 5.97 Å². The zero-order valence-electron chi connectivity index (χ0n) is 17.2. The summed E-state index contributed by atoms with van der Waals surface area (Å²) in [6, 6.07) is 7.57. The lowest BCUT2D eigenvalue weighted by Crippen LogP contribution is -2.07. The number of aromatic nitrogens is 3. The molecule has 2 aromatic heterocycles. The van der Waals surface area contributed by atoms with E-state index in [0.717, 1.165) is 23.1 Å². The van der Waals surface area contributed by atoms with Gasteiger partial charge in [0, 0.05) is 18.2 Å². The van der Waals surface area contributed by atoms with E-state index >= 15 is 0 Å². The summed E-state index contributed by atoms with van der Waals surface area (Å²) in [5.41, 5.74) is 3.67. The first-order chi connectivity index (χ1) is 14.4. The van der Waals surface area contributed by atoms with Gasteiger partial charge in [0.1, 0.15) is 5.02 Å². The van der Waals surface area contributed by atoms with Crippen LogP contribution in [0.15, 0.2) is 35.0 Å². The van der Waals surface area contributed by atoms with E-state index in [1.54, 1.807) is 12.3 Å². The summed E-state index contributed by atoms with van der Waals surface area (Å²) in [5, 5.41) is 13.4. The highest BCUT2D eigenvalue weighted by molar-refractivity contribution is 6.32. The summed E-state index contributed by atoms with van der Waals surface area (Å²) in [6.45, 7) is 5.85. The third-order valence-electron chi connectivity index (χ3n) is 4.53. The molecule has 7 nitrogen and oxygen atoms in total. The van der Waals surface area contributed by atoms with Crippen LogP contribution in [0, 0.1) is 0 Å². The number of rotatable bonds is 9. The van der Waals surface area contributed by atoms with Crippen LogP contribution >= 0.6 is 11.6 Å². The van der Waals surface area contributed by atoms with Crippen molar-refractivity contribution in [1.29, 1.82) is 0 Å². The largest absolute Gasteiger partial charge is 0.481 e. The molecule has 0 aliphatic heterocycles. The second kappa shape index (κ2) is 9.71. The molecule has 0 saturated carbocycles. The van der Waals surface area contributed by atoms with E-state index in [-0.39, 0.29) is 12.5 Å². The standard InChI is InChI=1S/C22H24ClN3O4/c1-4-16-14(8-6-10-19(27)28)7-5-9-17(16)20-25-21(30-26-20)15-11-18(23)22(24-12-15)29-13(2)3/h5,7,9,11-13H,4,6,8,10H2,1-3H3,(H,27,28). The molecule has 0 bridgehead atoms. The maximum atomic E-state index is 10.8. The van der Waals surface area contributed by atoms with Crippen LogP contribution in [0.3, 0.4) is 0 Å². The number of pyridine rings is 1. The maximum Gasteiger partial charge on any atom is 0.303 e. The molecule has 8 heteroatoms. The molecule has 0 aliphatic carbocycles. The Morgan fingerprint density at radius 1 is 1.33 bits per heavy atom. The third kappa shape index (κ3) is 5.16. The Balaban J connectivity index is 1.87. The van der Waals surface area contributed by atoms with Crippen LogP contribution in [0.1, 0.15) is 44.7 Å². The highest BCUT2D eigenvalue weighted by atomic mass is 35.5. The summed E-state index contributed by atoms with van der Waals surface area (Å²) in [4.78, 5) is 19.6. The number of ether oxygens (including phenoxy) is 1. The SMILES string of the molecule is CCc1c(CCCC(=O)O)cccc1-c1noc(-c2cnc(OC(C)C)c(Cl)c2)n1. The topological polar surface area (TPSA) is 98.3 Å². The summed E-state index contributed by atoms with van der Waals surface area (Å²) in [7, 11) is 0. The summed E-state index contributed by atoms with van der Waals surface area (Å²) < 4.78 is 11.0. The quantitative estimate of drug-likeness (QED) is 0.498. The van der Waals surface area contributed by atoms with Gasteiger partial charge in [-0.05, 0) is 50.3 Å². The van der Waals surface area contributed by atoms with Crippen LogP contribution < -0.4 is 4.74 Å². The summed E-state index contributed by atoms with van der Waals surface area (Å²) in [5.74, 6) is 0.357. The minimum absolute atomic E-state index is 0.0360. The molecule has 0 aliphatic rings. The van der Waals surface area contributed by atoms with Crippen molar-refractivity contribution in [2.45, 2.75) is 52.6 Å². The second-order valence-electron chi connectivity index (χ2n) is 7.14. The molecule has 3 aromatic rings. The smallest absolute Gasteiger partial charge is 0.303 e. The first kappa shape index (κ1) is 21.8. The molecular weight excluding hydrogens is 406 g/mol. The number of carboxylic acids is 1. The maximum absolute atomic E-state index is 10.8. The van der Waals surface area contributed by atoms with Crippen LogP contribution in [0.5, 0.6) is 5.88 Å². The van der Waals surface area contributed by atoms with E-state index in [2.05, 4.69) is 22.0 Å². The van der Waals surface area contributed by atoms with Crippen LogP contribution in [-0.4, -0.2) is 32.3 Å². The monoisotopic (exact) mass is 429 g/mol. The van der Waals surface area contributed by atoms with Crippen molar-refractivity contribution in [3.8, 4) is 28.7 Å². The molecular formula is C22H24ClN3O4. The van der Waals surface area contributed by atoms with Crippen molar-refractivity contribution >= 4 is 17.6 Å². The Labute approximate surface area is 180 Å². The van der Waals surface area contributed by atoms with Gasteiger partial charge in [0.2, 0.25) is 11.7 Å². The number of hydrogen-bond donors (Lipinski definition) is 1. The fourth-order valence-corrected chi connectivity index (χ4v) is 3.44. The minimum atomic E-state index is -0.788. The number of hydrogen-bond acceptors (Lipinski definition) is 6.